The largest absolute Gasteiger partial charge is 0.401 e. The van der Waals surface area contributed by atoms with E-state index in [2.05, 4.69) is 12.2 Å². The van der Waals surface area contributed by atoms with Crippen LogP contribution in [0.4, 0.5) is 13.2 Å². The van der Waals surface area contributed by atoms with Crippen LogP contribution < -0.4 is 5.32 Å². The molecule has 5 heteroatoms. The smallest absolute Gasteiger partial charge is 0.302 e. The van der Waals surface area contributed by atoms with Crippen molar-refractivity contribution < 1.29 is 18.0 Å². The Morgan fingerprint density at radius 1 is 1.00 bits per heavy atom. The van der Waals surface area contributed by atoms with Crippen LogP contribution in [0.3, 0.4) is 0 Å². The van der Waals surface area contributed by atoms with Gasteiger partial charge in [-0.05, 0) is 6.42 Å². The fourth-order valence-electron chi connectivity index (χ4n) is 1.71. The minimum Gasteiger partial charge on any atom is -0.302 e. The van der Waals surface area contributed by atoms with Crippen molar-refractivity contribution in [2.45, 2.75) is 64.5 Å². The molecule has 0 spiro atoms. The van der Waals surface area contributed by atoms with Crippen LogP contribution in [0, 0.1) is 0 Å². The summed E-state index contributed by atoms with van der Waals surface area (Å²) in [4.78, 5) is 11.2. The van der Waals surface area contributed by atoms with Crippen molar-refractivity contribution in [1.82, 2.24) is 5.32 Å². The second-order valence-corrected chi connectivity index (χ2v) is 4.63. The summed E-state index contributed by atoms with van der Waals surface area (Å²) >= 11 is 0. The summed E-state index contributed by atoms with van der Waals surface area (Å²) in [7, 11) is 0. The molecule has 0 aliphatic carbocycles. The summed E-state index contributed by atoms with van der Waals surface area (Å²) in [6.45, 7) is 0.901. The van der Waals surface area contributed by atoms with E-state index in [9.17, 15) is 18.0 Å². The van der Waals surface area contributed by atoms with Crippen molar-refractivity contribution in [3.8, 4) is 0 Å². The van der Waals surface area contributed by atoms with Gasteiger partial charge in [0.05, 0.1) is 13.1 Å². The normalized spacial score (nSPS) is 11.8. The predicted molar refractivity (Wildman–Crippen MR) is 66.5 cm³/mol. The average Bonchev–Trinajstić information content (AvgIpc) is 2.26. The van der Waals surface area contributed by atoms with Gasteiger partial charge >= 0.3 is 6.18 Å². The monoisotopic (exact) mass is 267 g/mol. The minimum atomic E-state index is -4.24. The van der Waals surface area contributed by atoms with Crippen LogP contribution in [0.5, 0.6) is 0 Å². The molecule has 0 fully saturated rings. The van der Waals surface area contributed by atoms with Crippen LogP contribution in [-0.2, 0) is 4.79 Å². The van der Waals surface area contributed by atoms with Gasteiger partial charge in [0.2, 0.25) is 0 Å². The van der Waals surface area contributed by atoms with E-state index < -0.39 is 12.7 Å². The van der Waals surface area contributed by atoms with E-state index in [0.717, 1.165) is 19.3 Å². The molecule has 0 aromatic heterocycles. The first kappa shape index (κ1) is 17.4. The molecule has 0 unspecified atom stereocenters. The third-order valence-electron chi connectivity index (χ3n) is 2.71. The van der Waals surface area contributed by atoms with Crippen LogP contribution in [-0.4, -0.2) is 25.0 Å². The van der Waals surface area contributed by atoms with E-state index in [4.69, 9.17) is 0 Å². The number of carbonyl (C=O) groups excluding carboxylic acids is 1. The van der Waals surface area contributed by atoms with E-state index >= 15 is 0 Å². The zero-order valence-electron chi connectivity index (χ0n) is 11.1. The fraction of sp³-hybridized carbons (Fsp3) is 0.923. The molecule has 0 aromatic rings. The van der Waals surface area contributed by atoms with E-state index in [1.54, 1.807) is 0 Å². The first-order valence-electron chi connectivity index (χ1n) is 6.75. The fourth-order valence-corrected chi connectivity index (χ4v) is 1.71. The maximum Gasteiger partial charge on any atom is 0.401 e. The molecule has 0 saturated heterocycles. The Kier molecular flexibility index (Phi) is 10.0. The van der Waals surface area contributed by atoms with Gasteiger partial charge in [-0.1, -0.05) is 45.4 Å². The first-order valence-corrected chi connectivity index (χ1v) is 6.75. The number of rotatable bonds is 11. The Bertz CT molecular complexity index is 217. The standard InChI is InChI=1S/C13H24F3NO/c1-2-3-4-5-6-7-8-9-12(18)10-17-11-13(14,15)16/h17H,2-11H2,1H3. The number of hydrogen-bond acceptors (Lipinski definition) is 2. The quantitative estimate of drug-likeness (QED) is 0.576. The van der Waals surface area contributed by atoms with Crippen molar-refractivity contribution in [1.29, 1.82) is 0 Å². The number of carbonyl (C=O) groups is 1. The lowest BCUT2D eigenvalue weighted by Gasteiger charge is -2.07. The lowest BCUT2D eigenvalue weighted by Crippen LogP contribution is -2.32. The van der Waals surface area contributed by atoms with Gasteiger partial charge in [-0.15, -0.1) is 0 Å². The van der Waals surface area contributed by atoms with Crippen molar-refractivity contribution in [2.75, 3.05) is 13.1 Å². The number of alkyl halides is 3. The van der Waals surface area contributed by atoms with Gasteiger partial charge < -0.3 is 5.32 Å². The summed E-state index contributed by atoms with van der Waals surface area (Å²) in [6, 6.07) is 0. The highest BCUT2D eigenvalue weighted by Crippen LogP contribution is 2.12. The highest BCUT2D eigenvalue weighted by atomic mass is 19.4. The molecule has 0 aliphatic rings. The molecule has 0 radical (unpaired) electrons. The van der Waals surface area contributed by atoms with Gasteiger partial charge in [0.1, 0.15) is 5.78 Å². The molecule has 0 atom stereocenters. The Balaban J connectivity index is 3.27. The Labute approximate surface area is 107 Å². The van der Waals surface area contributed by atoms with Crippen LogP contribution in [0.1, 0.15) is 58.3 Å². The van der Waals surface area contributed by atoms with Gasteiger partial charge in [0.25, 0.3) is 0 Å². The van der Waals surface area contributed by atoms with Crippen LogP contribution in [0.2, 0.25) is 0 Å². The first-order chi connectivity index (χ1) is 8.45. The molecular weight excluding hydrogens is 243 g/mol. The molecule has 108 valence electrons. The van der Waals surface area contributed by atoms with Gasteiger partial charge in [-0.3, -0.25) is 4.79 Å². The van der Waals surface area contributed by atoms with Crippen molar-refractivity contribution >= 4 is 5.78 Å². The second-order valence-electron chi connectivity index (χ2n) is 4.63. The number of ketones is 1. The van der Waals surface area contributed by atoms with Crippen molar-refractivity contribution in [2.24, 2.45) is 0 Å². The van der Waals surface area contributed by atoms with Crippen LogP contribution in [0.25, 0.3) is 0 Å². The van der Waals surface area contributed by atoms with E-state index in [0.29, 0.717) is 6.42 Å². The molecular formula is C13H24F3NO. The Hall–Kier alpha value is -0.580. The molecule has 18 heavy (non-hydrogen) atoms. The highest BCUT2D eigenvalue weighted by Gasteiger charge is 2.26. The van der Waals surface area contributed by atoms with Crippen molar-refractivity contribution in [3.05, 3.63) is 0 Å². The van der Waals surface area contributed by atoms with Gasteiger partial charge in [-0.2, -0.15) is 13.2 Å². The summed E-state index contributed by atoms with van der Waals surface area (Å²) in [5, 5.41) is 2.12. The second kappa shape index (κ2) is 10.4. The maximum absolute atomic E-state index is 11.8. The summed E-state index contributed by atoms with van der Waals surface area (Å²) < 4.78 is 35.4. The summed E-state index contributed by atoms with van der Waals surface area (Å²) in [5.74, 6) is -0.132. The zero-order valence-corrected chi connectivity index (χ0v) is 11.1. The van der Waals surface area contributed by atoms with Crippen LogP contribution in [0.15, 0.2) is 0 Å². The van der Waals surface area contributed by atoms with Crippen LogP contribution >= 0.6 is 0 Å². The predicted octanol–water partition coefficient (Wildman–Crippen LogP) is 3.85. The van der Waals surface area contributed by atoms with Gasteiger partial charge in [-0.25, -0.2) is 0 Å². The third-order valence-corrected chi connectivity index (χ3v) is 2.71. The summed E-state index contributed by atoms with van der Waals surface area (Å²) in [6.07, 6.45) is 3.93. The van der Waals surface area contributed by atoms with E-state index in [1.165, 1.54) is 25.7 Å². The molecule has 0 bridgehead atoms. The molecule has 0 saturated carbocycles. The molecule has 0 aromatic carbocycles. The van der Waals surface area contributed by atoms with E-state index in [-0.39, 0.29) is 12.3 Å². The lowest BCUT2D eigenvalue weighted by molar-refractivity contribution is -0.127. The van der Waals surface area contributed by atoms with Crippen molar-refractivity contribution in [3.63, 3.8) is 0 Å². The maximum atomic E-state index is 11.8. The number of hydrogen-bond donors (Lipinski definition) is 1. The number of halogens is 3. The minimum absolute atomic E-state index is 0.132. The molecule has 0 rings (SSSR count). The number of unbranched alkanes of at least 4 members (excludes halogenated alkanes) is 6. The number of nitrogens with one attached hydrogen (secondary N) is 1. The molecule has 0 aliphatic heterocycles. The van der Waals surface area contributed by atoms with Gasteiger partial charge in [0, 0.05) is 6.42 Å². The topological polar surface area (TPSA) is 29.1 Å². The number of Topliss-reactive ketones (excluding diaryl/α,β-unsaturated/α-hetero) is 1. The van der Waals surface area contributed by atoms with Gasteiger partial charge in [0.15, 0.2) is 0 Å². The highest BCUT2D eigenvalue weighted by molar-refractivity contribution is 5.80. The lowest BCUT2D eigenvalue weighted by atomic mass is 10.1. The molecule has 0 heterocycles. The van der Waals surface area contributed by atoms with E-state index in [1.807, 2.05) is 0 Å². The Morgan fingerprint density at radius 3 is 2.11 bits per heavy atom. The zero-order chi connectivity index (χ0) is 13.9. The molecule has 0 amide bonds. The third kappa shape index (κ3) is 13.5. The molecule has 1 N–H and O–H groups in total. The Morgan fingerprint density at radius 2 is 1.56 bits per heavy atom. The summed E-state index contributed by atoms with van der Waals surface area (Å²) in [5.41, 5.74) is 0. The SMILES string of the molecule is CCCCCCCCCC(=O)CNCC(F)(F)F. The average molecular weight is 267 g/mol. The molecule has 2 nitrogen and oxygen atoms in total.